The fourth-order valence-corrected chi connectivity index (χ4v) is 3.75. The molecule has 150 valence electrons. The number of carbonyl (C=O) groups is 2. The Bertz CT molecular complexity index is 1100. The number of hydrazine groups is 1. The Labute approximate surface area is 187 Å². The van der Waals surface area contributed by atoms with Gasteiger partial charge in [-0.05, 0) is 48.5 Å². The Morgan fingerprint density at radius 2 is 1.67 bits per heavy atom. The van der Waals surface area contributed by atoms with Crippen LogP contribution in [0.4, 0.5) is 0 Å². The second-order valence-corrected chi connectivity index (χ2v) is 8.23. The van der Waals surface area contributed by atoms with Gasteiger partial charge < -0.3 is 5.32 Å². The van der Waals surface area contributed by atoms with Gasteiger partial charge in [0.25, 0.3) is 5.91 Å². The van der Waals surface area contributed by atoms with Gasteiger partial charge in [-0.25, -0.2) is 0 Å². The maximum atomic E-state index is 12.8. The number of hydrogen-bond acceptors (Lipinski definition) is 2. The van der Waals surface area contributed by atoms with Gasteiger partial charge in [-0.3, -0.25) is 9.59 Å². The summed E-state index contributed by atoms with van der Waals surface area (Å²) in [5.74, 6) is -0.590. The fourth-order valence-electron chi connectivity index (χ4n) is 3.36. The molecule has 1 aliphatic rings. The quantitative estimate of drug-likeness (QED) is 0.549. The Balaban J connectivity index is 1.70. The minimum atomic E-state index is -0.773. The summed E-state index contributed by atoms with van der Waals surface area (Å²) >= 11 is 9.48. The average Bonchev–Trinajstić information content (AvgIpc) is 3.05. The summed E-state index contributed by atoms with van der Waals surface area (Å²) in [7, 11) is 0. The first-order chi connectivity index (χ1) is 14.5. The monoisotopic (exact) mass is 482 g/mol. The second kappa shape index (κ2) is 8.81. The maximum absolute atomic E-state index is 12.8. The minimum absolute atomic E-state index is 0.285. The summed E-state index contributed by atoms with van der Waals surface area (Å²) in [6.45, 7) is 0. The van der Waals surface area contributed by atoms with Crippen molar-refractivity contribution < 1.29 is 14.3 Å². The molecule has 4 rings (SSSR count). The Morgan fingerprint density at radius 3 is 2.33 bits per heavy atom. The Kier molecular flexibility index (Phi) is 5.97. The van der Waals surface area contributed by atoms with Crippen LogP contribution in [-0.4, -0.2) is 28.8 Å². The molecular weight excluding hydrogens is 466 g/mol. The first kappa shape index (κ1) is 20.3. The summed E-state index contributed by atoms with van der Waals surface area (Å²) in [5, 5.41) is 3.48. The van der Waals surface area contributed by atoms with Crippen molar-refractivity contribution in [2.45, 2.75) is 12.1 Å². The van der Waals surface area contributed by atoms with Crippen molar-refractivity contribution in [2.75, 3.05) is 0 Å². The highest BCUT2D eigenvalue weighted by atomic mass is 79.9. The van der Waals surface area contributed by atoms with E-state index >= 15 is 0 Å². The van der Waals surface area contributed by atoms with Crippen LogP contribution in [0.1, 0.15) is 27.5 Å². The standard InChI is InChI=1S/C23H17BrClN3O2/c24-18-10-6-15(7-11-18)14-28-21(16-8-12-19(25)13-9-16)20(23(30)27-28)26-22(29)17-4-2-1-3-5-17/h1-14,20-21H,(H-,26,27,29,30)/p+1/b28-14-/t20-,21+/m1/s1. The molecule has 2 amide bonds. The molecule has 2 atom stereocenters. The number of hydrazone groups is 1. The van der Waals surface area contributed by atoms with Crippen molar-refractivity contribution in [1.29, 1.82) is 0 Å². The molecule has 0 aliphatic carbocycles. The van der Waals surface area contributed by atoms with Gasteiger partial charge in [0.05, 0.1) is 0 Å². The fraction of sp³-hybridized carbons (Fsp3) is 0.0870. The summed E-state index contributed by atoms with van der Waals surface area (Å²) in [6.07, 6.45) is 1.85. The molecule has 1 saturated heterocycles. The molecule has 5 nitrogen and oxygen atoms in total. The van der Waals surface area contributed by atoms with Crippen LogP contribution in [0.2, 0.25) is 5.02 Å². The second-order valence-electron chi connectivity index (χ2n) is 6.88. The molecule has 0 saturated carbocycles. The molecule has 0 bridgehead atoms. The van der Waals surface area contributed by atoms with E-state index in [4.69, 9.17) is 11.6 Å². The number of benzene rings is 3. The van der Waals surface area contributed by atoms with Crippen LogP contribution in [-0.2, 0) is 4.79 Å². The Morgan fingerprint density at radius 1 is 1.00 bits per heavy atom. The molecule has 1 fully saturated rings. The zero-order chi connectivity index (χ0) is 21.1. The zero-order valence-corrected chi connectivity index (χ0v) is 18.1. The largest absolute Gasteiger partial charge is 0.334 e. The third-order valence-corrected chi connectivity index (χ3v) is 5.61. The lowest BCUT2D eigenvalue weighted by Gasteiger charge is -2.14. The van der Waals surface area contributed by atoms with Gasteiger partial charge in [0.1, 0.15) is 0 Å². The van der Waals surface area contributed by atoms with Gasteiger partial charge in [0.15, 0.2) is 6.04 Å². The van der Waals surface area contributed by atoms with Gasteiger partial charge >= 0.3 is 5.91 Å². The van der Waals surface area contributed by atoms with Crippen molar-refractivity contribution in [3.8, 4) is 0 Å². The van der Waals surface area contributed by atoms with Crippen LogP contribution in [0.15, 0.2) is 83.3 Å². The first-order valence-corrected chi connectivity index (χ1v) is 10.5. The molecule has 3 aromatic rings. The molecule has 0 unspecified atom stereocenters. The first-order valence-electron chi connectivity index (χ1n) is 9.32. The predicted molar refractivity (Wildman–Crippen MR) is 120 cm³/mol. The lowest BCUT2D eigenvalue weighted by molar-refractivity contribution is -0.596. The lowest BCUT2D eigenvalue weighted by Crippen LogP contribution is -2.42. The average molecular weight is 484 g/mol. The third kappa shape index (κ3) is 4.45. The highest BCUT2D eigenvalue weighted by Gasteiger charge is 2.47. The summed E-state index contributed by atoms with van der Waals surface area (Å²) in [4.78, 5) is 25.6. The molecular formula is C23H18BrClN3O2+. The predicted octanol–water partition coefficient (Wildman–Crippen LogP) is 4.12. The van der Waals surface area contributed by atoms with E-state index < -0.39 is 12.1 Å². The number of halogens is 2. The Hall–Kier alpha value is -2.96. The van der Waals surface area contributed by atoms with E-state index in [1.165, 1.54) is 0 Å². The number of nitrogens with zero attached hydrogens (tertiary/aromatic N) is 1. The van der Waals surface area contributed by atoms with Crippen LogP contribution in [0.25, 0.3) is 0 Å². The molecule has 1 heterocycles. The summed E-state index contributed by atoms with van der Waals surface area (Å²) in [5.41, 5.74) is 5.12. The zero-order valence-electron chi connectivity index (χ0n) is 15.8. The summed E-state index contributed by atoms with van der Waals surface area (Å²) in [6, 6.07) is 22.6. The highest BCUT2D eigenvalue weighted by molar-refractivity contribution is 9.10. The van der Waals surface area contributed by atoms with E-state index in [1.807, 2.05) is 48.7 Å². The lowest BCUT2D eigenvalue weighted by atomic mass is 10.00. The van der Waals surface area contributed by atoms with Gasteiger partial charge in [-0.15, -0.1) is 10.1 Å². The van der Waals surface area contributed by atoms with E-state index in [1.54, 1.807) is 41.1 Å². The van der Waals surface area contributed by atoms with E-state index in [9.17, 15) is 9.59 Å². The molecule has 0 spiro atoms. The van der Waals surface area contributed by atoms with Crippen molar-refractivity contribution in [2.24, 2.45) is 0 Å². The van der Waals surface area contributed by atoms with Crippen molar-refractivity contribution >= 4 is 45.6 Å². The van der Waals surface area contributed by atoms with E-state index in [-0.39, 0.29) is 11.8 Å². The number of hydrogen-bond donors (Lipinski definition) is 2. The number of amides is 2. The van der Waals surface area contributed by atoms with Crippen LogP contribution in [0.3, 0.4) is 0 Å². The van der Waals surface area contributed by atoms with Crippen molar-refractivity contribution in [3.63, 3.8) is 0 Å². The van der Waals surface area contributed by atoms with Crippen molar-refractivity contribution in [1.82, 2.24) is 10.7 Å². The van der Waals surface area contributed by atoms with Crippen LogP contribution < -0.4 is 10.7 Å². The molecule has 30 heavy (non-hydrogen) atoms. The molecule has 1 aliphatic heterocycles. The maximum Gasteiger partial charge on any atom is 0.304 e. The molecule has 0 aromatic heterocycles. The topological polar surface area (TPSA) is 61.2 Å². The van der Waals surface area contributed by atoms with Gasteiger partial charge in [-0.1, -0.05) is 57.9 Å². The van der Waals surface area contributed by atoms with E-state index in [0.29, 0.717) is 10.6 Å². The van der Waals surface area contributed by atoms with E-state index in [0.717, 1.165) is 15.6 Å². The number of nitrogens with one attached hydrogen (secondary N) is 2. The molecule has 0 radical (unpaired) electrons. The van der Waals surface area contributed by atoms with Crippen LogP contribution >= 0.6 is 27.5 Å². The van der Waals surface area contributed by atoms with Crippen LogP contribution in [0, 0.1) is 0 Å². The molecule has 3 aromatic carbocycles. The van der Waals surface area contributed by atoms with Crippen LogP contribution in [0.5, 0.6) is 0 Å². The van der Waals surface area contributed by atoms with Gasteiger partial charge in [0.2, 0.25) is 12.3 Å². The van der Waals surface area contributed by atoms with Gasteiger partial charge in [-0.2, -0.15) is 0 Å². The molecule has 7 heteroatoms. The number of rotatable bonds is 4. The normalized spacial score (nSPS) is 19.5. The highest BCUT2D eigenvalue weighted by Crippen LogP contribution is 2.27. The van der Waals surface area contributed by atoms with E-state index in [2.05, 4.69) is 26.7 Å². The van der Waals surface area contributed by atoms with Gasteiger partial charge in [0, 0.05) is 26.2 Å². The number of carbonyl (C=O) groups excluding carboxylic acids is 2. The summed E-state index contributed by atoms with van der Waals surface area (Å²) < 4.78 is 2.69. The smallest absolute Gasteiger partial charge is 0.304 e. The molecule has 2 N–H and O–H groups in total. The minimum Gasteiger partial charge on any atom is -0.334 e. The third-order valence-electron chi connectivity index (χ3n) is 4.83. The SMILES string of the molecule is O=C(N[C@H]1C(=O)N/[N+](=C\c2ccc(Br)cc2)[C@H]1c1ccc(Cl)cc1)c1ccccc1. The van der Waals surface area contributed by atoms with Crippen molar-refractivity contribution in [3.05, 3.63) is 105 Å².